The number of hydrogen-bond acceptors (Lipinski definition) is 6. The quantitative estimate of drug-likeness (QED) is 0.631. The molecular formula is C14H16Br2O6. The fourth-order valence-electron chi connectivity index (χ4n) is 1.81. The monoisotopic (exact) mass is 438 g/mol. The average molecular weight is 440 g/mol. The van der Waals surface area contributed by atoms with Crippen molar-refractivity contribution in [3.63, 3.8) is 0 Å². The molecule has 0 spiro atoms. The number of carbonyl (C=O) groups excluding carboxylic acids is 2. The molecule has 0 saturated carbocycles. The van der Waals surface area contributed by atoms with Gasteiger partial charge < -0.3 is 18.9 Å². The number of hydrogen-bond donors (Lipinski definition) is 0. The summed E-state index contributed by atoms with van der Waals surface area (Å²) in [7, 11) is 2.74. The molecule has 1 rings (SSSR count). The van der Waals surface area contributed by atoms with Crippen LogP contribution in [-0.2, 0) is 9.47 Å². The summed E-state index contributed by atoms with van der Waals surface area (Å²) in [5.41, 5.74) is 0.252. The van der Waals surface area contributed by atoms with Crippen molar-refractivity contribution < 1.29 is 28.5 Å². The lowest BCUT2D eigenvalue weighted by Crippen LogP contribution is -2.14. The maximum absolute atomic E-state index is 12.1. The molecule has 0 aliphatic rings. The number of benzene rings is 1. The Morgan fingerprint density at radius 1 is 0.818 bits per heavy atom. The number of esters is 2. The van der Waals surface area contributed by atoms with Crippen LogP contribution in [-0.4, -0.2) is 39.4 Å². The van der Waals surface area contributed by atoms with Gasteiger partial charge in [-0.25, -0.2) is 9.59 Å². The fourth-order valence-corrected chi connectivity index (χ4v) is 2.89. The second kappa shape index (κ2) is 8.38. The number of halogens is 2. The molecule has 1 aromatic carbocycles. The number of carbonyl (C=O) groups is 2. The molecular weight excluding hydrogens is 424 g/mol. The number of rotatable bonds is 6. The van der Waals surface area contributed by atoms with E-state index in [1.165, 1.54) is 14.2 Å². The highest BCUT2D eigenvalue weighted by atomic mass is 79.9. The van der Waals surface area contributed by atoms with Gasteiger partial charge in [-0.15, -0.1) is 0 Å². The highest BCUT2D eigenvalue weighted by molar-refractivity contribution is 9.13. The van der Waals surface area contributed by atoms with Gasteiger partial charge in [0.15, 0.2) is 11.5 Å². The van der Waals surface area contributed by atoms with E-state index in [9.17, 15) is 9.59 Å². The minimum atomic E-state index is -0.597. The van der Waals surface area contributed by atoms with Crippen molar-refractivity contribution in [2.75, 3.05) is 27.4 Å². The summed E-state index contributed by atoms with van der Waals surface area (Å²) in [6.45, 7) is 3.79. The summed E-state index contributed by atoms with van der Waals surface area (Å²) >= 11 is 6.57. The standard InChI is InChI=1S/C14H16Br2O6/c1-5-21-13(17)7-9(15)10(16)8(14(18)22-6-2)12(20-4)11(7)19-3/h5-6H2,1-4H3. The summed E-state index contributed by atoms with van der Waals surface area (Å²) in [6.07, 6.45) is 0. The Morgan fingerprint density at radius 3 is 1.36 bits per heavy atom. The van der Waals surface area contributed by atoms with Crippen LogP contribution in [0.25, 0.3) is 0 Å². The van der Waals surface area contributed by atoms with Gasteiger partial charge in [0.2, 0.25) is 0 Å². The zero-order valence-corrected chi connectivity index (χ0v) is 15.8. The average Bonchev–Trinajstić information content (AvgIpc) is 2.49. The Balaban J connectivity index is 3.68. The molecule has 0 heterocycles. The summed E-state index contributed by atoms with van der Waals surface area (Å²) in [4.78, 5) is 24.3. The van der Waals surface area contributed by atoms with Gasteiger partial charge in [-0.3, -0.25) is 0 Å². The van der Waals surface area contributed by atoms with Crippen LogP contribution in [0.3, 0.4) is 0 Å². The third-order valence-corrected chi connectivity index (χ3v) is 4.78. The van der Waals surface area contributed by atoms with Gasteiger partial charge in [0.05, 0.1) is 36.4 Å². The maximum atomic E-state index is 12.1. The Morgan fingerprint density at radius 2 is 1.14 bits per heavy atom. The molecule has 0 radical (unpaired) electrons. The van der Waals surface area contributed by atoms with E-state index in [0.717, 1.165) is 0 Å². The van der Waals surface area contributed by atoms with Gasteiger partial charge in [-0.2, -0.15) is 0 Å². The largest absolute Gasteiger partial charge is 0.492 e. The first kappa shape index (κ1) is 18.8. The predicted molar refractivity (Wildman–Crippen MR) is 86.9 cm³/mol. The van der Waals surface area contributed by atoms with Crippen LogP contribution in [0.5, 0.6) is 11.5 Å². The van der Waals surface area contributed by atoms with Gasteiger partial charge in [-0.1, -0.05) is 0 Å². The summed E-state index contributed by atoms with van der Waals surface area (Å²) in [5.74, 6) is -1.00. The first-order valence-electron chi connectivity index (χ1n) is 6.41. The van der Waals surface area contributed by atoms with E-state index in [4.69, 9.17) is 18.9 Å². The smallest absolute Gasteiger partial charge is 0.343 e. The topological polar surface area (TPSA) is 71.1 Å². The molecule has 1 aromatic rings. The maximum Gasteiger partial charge on any atom is 0.343 e. The minimum Gasteiger partial charge on any atom is -0.492 e. The lowest BCUT2D eigenvalue weighted by atomic mass is 10.1. The zero-order chi connectivity index (χ0) is 16.9. The molecule has 0 unspecified atom stereocenters. The minimum absolute atomic E-state index is 0.0964. The second-order valence-electron chi connectivity index (χ2n) is 3.89. The van der Waals surface area contributed by atoms with Crippen LogP contribution in [0.2, 0.25) is 0 Å². The molecule has 0 saturated heterocycles. The molecule has 0 fully saturated rings. The van der Waals surface area contributed by atoms with E-state index < -0.39 is 11.9 Å². The normalized spacial score (nSPS) is 10.1. The van der Waals surface area contributed by atoms with E-state index in [-0.39, 0.29) is 35.8 Å². The van der Waals surface area contributed by atoms with Crippen LogP contribution in [0.15, 0.2) is 8.95 Å². The van der Waals surface area contributed by atoms with Gasteiger partial charge in [-0.05, 0) is 45.7 Å². The molecule has 0 amide bonds. The molecule has 0 aromatic heterocycles. The van der Waals surface area contributed by atoms with E-state index >= 15 is 0 Å². The van der Waals surface area contributed by atoms with Gasteiger partial charge in [0.25, 0.3) is 0 Å². The van der Waals surface area contributed by atoms with Gasteiger partial charge in [0, 0.05) is 0 Å². The summed E-state index contributed by atoms with van der Waals surface area (Å²) in [6, 6.07) is 0. The summed E-state index contributed by atoms with van der Waals surface area (Å²) in [5, 5.41) is 0. The van der Waals surface area contributed by atoms with Crippen LogP contribution >= 0.6 is 31.9 Å². The summed E-state index contributed by atoms with van der Waals surface area (Å²) < 4.78 is 21.2. The molecule has 0 N–H and O–H groups in total. The van der Waals surface area contributed by atoms with E-state index in [1.54, 1.807) is 13.8 Å². The van der Waals surface area contributed by atoms with Crippen LogP contribution in [0.1, 0.15) is 34.6 Å². The molecule has 0 atom stereocenters. The van der Waals surface area contributed by atoms with E-state index in [0.29, 0.717) is 8.95 Å². The van der Waals surface area contributed by atoms with Crippen LogP contribution in [0.4, 0.5) is 0 Å². The van der Waals surface area contributed by atoms with Gasteiger partial charge in [0.1, 0.15) is 11.1 Å². The Labute approximate surface area is 145 Å². The van der Waals surface area contributed by atoms with Crippen molar-refractivity contribution in [3.05, 3.63) is 20.1 Å². The molecule has 0 aliphatic heterocycles. The van der Waals surface area contributed by atoms with Crippen molar-refractivity contribution in [2.24, 2.45) is 0 Å². The Hall–Kier alpha value is -1.28. The lowest BCUT2D eigenvalue weighted by Gasteiger charge is -2.18. The van der Waals surface area contributed by atoms with Crippen molar-refractivity contribution in [3.8, 4) is 11.5 Å². The predicted octanol–water partition coefficient (Wildman–Crippen LogP) is 3.58. The van der Waals surface area contributed by atoms with Gasteiger partial charge >= 0.3 is 11.9 Å². The first-order valence-corrected chi connectivity index (χ1v) is 8.00. The van der Waals surface area contributed by atoms with E-state index in [1.807, 2.05) is 0 Å². The molecule has 8 heteroatoms. The third kappa shape index (κ3) is 3.55. The van der Waals surface area contributed by atoms with Crippen LogP contribution in [0, 0.1) is 0 Å². The molecule has 122 valence electrons. The van der Waals surface area contributed by atoms with Crippen molar-refractivity contribution in [1.29, 1.82) is 0 Å². The number of methoxy groups -OCH3 is 2. The van der Waals surface area contributed by atoms with Crippen molar-refractivity contribution in [2.45, 2.75) is 13.8 Å². The Bertz CT molecular complexity index is 534. The second-order valence-corrected chi connectivity index (χ2v) is 5.47. The van der Waals surface area contributed by atoms with E-state index in [2.05, 4.69) is 31.9 Å². The molecule has 6 nitrogen and oxygen atoms in total. The highest BCUT2D eigenvalue weighted by Crippen LogP contribution is 2.45. The first-order chi connectivity index (χ1) is 10.4. The molecule has 22 heavy (non-hydrogen) atoms. The molecule has 0 aliphatic carbocycles. The zero-order valence-electron chi connectivity index (χ0n) is 12.6. The van der Waals surface area contributed by atoms with Crippen molar-refractivity contribution >= 4 is 43.8 Å². The van der Waals surface area contributed by atoms with Crippen LogP contribution < -0.4 is 9.47 Å². The third-order valence-electron chi connectivity index (χ3n) is 2.66. The number of ether oxygens (including phenoxy) is 4. The molecule has 0 bridgehead atoms. The fraction of sp³-hybridized carbons (Fsp3) is 0.429. The highest BCUT2D eigenvalue weighted by Gasteiger charge is 2.31. The lowest BCUT2D eigenvalue weighted by molar-refractivity contribution is 0.0502. The Kier molecular flexibility index (Phi) is 7.15. The van der Waals surface area contributed by atoms with Crippen molar-refractivity contribution in [1.82, 2.24) is 0 Å². The SMILES string of the molecule is CCOC(=O)c1c(Br)c(Br)c(C(=O)OCC)c(OC)c1OC.